The predicted octanol–water partition coefficient (Wildman–Crippen LogP) is 4.03. The maximum absolute atomic E-state index is 6.18. The molecule has 2 nitrogen and oxygen atoms in total. The lowest BCUT2D eigenvalue weighted by Gasteiger charge is -2.18. The van der Waals surface area contributed by atoms with Crippen molar-refractivity contribution in [3.8, 4) is 5.75 Å². The zero-order valence-electron chi connectivity index (χ0n) is 10.7. The quantitative estimate of drug-likeness (QED) is 0.914. The van der Waals surface area contributed by atoms with E-state index in [2.05, 4.69) is 23.0 Å². The monoisotopic (exact) mass is 281 g/mol. The van der Waals surface area contributed by atoms with E-state index in [1.165, 1.54) is 11.1 Å². The van der Waals surface area contributed by atoms with Crippen molar-refractivity contribution in [2.75, 3.05) is 14.2 Å². The highest BCUT2D eigenvalue weighted by atomic mass is 35.5. The zero-order valence-corrected chi connectivity index (χ0v) is 12.2. The molecule has 0 saturated heterocycles. The highest BCUT2D eigenvalue weighted by molar-refractivity contribution is 7.08. The van der Waals surface area contributed by atoms with Gasteiger partial charge in [0, 0.05) is 0 Å². The standard InChI is InChI=1S/C14H16ClNOS/c1-9-7-18-8-11(9)14(16-2)10-4-5-13(17-3)12(15)6-10/h4-8,14,16H,1-3H3. The van der Waals surface area contributed by atoms with Crippen LogP contribution in [0.1, 0.15) is 22.7 Å². The lowest BCUT2D eigenvalue weighted by molar-refractivity contribution is 0.414. The van der Waals surface area contributed by atoms with E-state index in [4.69, 9.17) is 16.3 Å². The van der Waals surface area contributed by atoms with Crippen LogP contribution >= 0.6 is 22.9 Å². The molecule has 1 heterocycles. The molecular formula is C14H16ClNOS. The van der Waals surface area contributed by atoms with Gasteiger partial charge in [-0.1, -0.05) is 17.7 Å². The molecule has 2 aromatic rings. The summed E-state index contributed by atoms with van der Waals surface area (Å²) in [5, 5.41) is 8.31. The van der Waals surface area contributed by atoms with E-state index in [1.54, 1.807) is 18.4 Å². The van der Waals surface area contributed by atoms with Gasteiger partial charge in [0.25, 0.3) is 0 Å². The van der Waals surface area contributed by atoms with Crippen LogP contribution in [0.2, 0.25) is 5.02 Å². The van der Waals surface area contributed by atoms with E-state index in [1.807, 2.05) is 25.2 Å². The normalized spacial score (nSPS) is 12.4. The third-order valence-corrected chi connectivity index (χ3v) is 4.18. The van der Waals surface area contributed by atoms with Crippen LogP contribution in [0.3, 0.4) is 0 Å². The summed E-state index contributed by atoms with van der Waals surface area (Å²) in [5.74, 6) is 0.706. The first kappa shape index (κ1) is 13.4. The predicted molar refractivity (Wildman–Crippen MR) is 78.0 cm³/mol. The van der Waals surface area contributed by atoms with E-state index in [0.29, 0.717) is 10.8 Å². The third-order valence-electron chi connectivity index (χ3n) is 3.00. The van der Waals surface area contributed by atoms with Gasteiger partial charge in [0.2, 0.25) is 0 Å². The van der Waals surface area contributed by atoms with Crippen LogP contribution in [-0.2, 0) is 0 Å². The zero-order chi connectivity index (χ0) is 13.1. The Labute approximate surface area is 117 Å². The summed E-state index contributed by atoms with van der Waals surface area (Å²) >= 11 is 7.90. The first-order valence-corrected chi connectivity index (χ1v) is 7.02. The molecule has 4 heteroatoms. The number of halogens is 1. The van der Waals surface area contributed by atoms with Gasteiger partial charge in [-0.05, 0) is 53.6 Å². The minimum Gasteiger partial charge on any atom is -0.495 e. The Hall–Kier alpha value is -1.03. The maximum Gasteiger partial charge on any atom is 0.137 e. The molecule has 0 fully saturated rings. The Kier molecular flexibility index (Phi) is 4.27. The summed E-state index contributed by atoms with van der Waals surface area (Å²) in [6, 6.07) is 6.07. The Morgan fingerprint density at radius 2 is 2.11 bits per heavy atom. The number of thiophene rings is 1. The summed E-state index contributed by atoms with van der Waals surface area (Å²) in [7, 11) is 3.58. The van der Waals surface area contributed by atoms with E-state index in [9.17, 15) is 0 Å². The van der Waals surface area contributed by atoms with Crippen molar-refractivity contribution < 1.29 is 4.74 Å². The first-order valence-electron chi connectivity index (χ1n) is 5.70. The molecule has 0 spiro atoms. The molecule has 1 N–H and O–H groups in total. The van der Waals surface area contributed by atoms with Gasteiger partial charge in [0.1, 0.15) is 5.75 Å². The topological polar surface area (TPSA) is 21.3 Å². The van der Waals surface area contributed by atoms with Gasteiger partial charge >= 0.3 is 0 Å². The van der Waals surface area contributed by atoms with Crippen molar-refractivity contribution in [1.29, 1.82) is 0 Å². The molecular weight excluding hydrogens is 266 g/mol. The summed E-state index contributed by atoms with van der Waals surface area (Å²) in [5.41, 5.74) is 3.74. The number of nitrogens with one attached hydrogen (secondary N) is 1. The van der Waals surface area contributed by atoms with Gasteiger partial charge in [0.05, 0.1) is 18.2 Å². The fraction of sp³-hybridized carbons (Fsp3) is 0.286. The van der Waals surface area contributed by atoms with Crippen molar-refractivity contribution in [1.82, 2.24) is 5.32 Å². The molecule has 1 unspecified atom stereocenters. The average Bonchev–Trinajstić information content (AvgIpc) is 2.77. The van der Waals surface area contributed by atoms with Crippen LogP contribution in [0.25, 0.3) is 0 Å². The van der Waals surface area contributed by atoms with Crippen LogP contribution in [0, 0.1) is 6.92 Å². The van der Waals surface area contributed by atoms with E-state index in [-0.39, 0.29) is 6.04 Å². The van der Waals surface area contributed by atoms with Crippen LogP contribution in [0.4, 0.5) is 0 Å². The van der Waals surface area contributed by atoms with Crippen LogP contribution in [0.15, 0.2) is 29.0 Å². The van der Waals surface area contributed by atoms with Crippen molar-refractivity contribution >= 4 is 22.9 Å². The minimum absolute atomic E-state index is 0.166. The summed E-state index contributed by atoms with van der Waals surface area (Å²) in [6.45, 7) is 2.13. The highest BCUT2D eigenvalue weighted by Crippen LogP contribution is 2.32. The number of rotatable bonds is 4. The van der Waals surface area contributed by atoms with Crippen molar-refractivity contribution in [3.05, 3.63) is 50.7 Å². The Bertz CT molecular complexity index is 538. The van der Waals surface area contributed by atoms with Crippen LogP contribution < -0.4 is 10.1 Å². The Morgan fingerprint density at radius 1 is 1.33 bits per heavy atom. The lowest BCUT2D eigenvalue weighted by Crippen LogP contribution is -2.17. The molecule has 96 valence electrons. The summed E-state index contributed by atoms with van der Waals surface area (Å²) in [4.78, 5) is 0. The largest absolute Gasteiger partial charge is 0.495 e. The second-order valence-corrected chi connectivity index (χ2v) is 5.28. The van der Waals surface area contributed by atoms with Crippen LogP contribution in [-0.4, -0.2) is 14.2 Å². The first-order chi connectivity index (χ1) is 8.67. The average molecular weight is 282 g/mol. The third kappa shape index (κ3) is 2.53. The fourth-order valence-corrected chi connectivity index (χ4v) is 3.17. The number of methoxy groups -OCH3 is 1. The number of benzene rings is 1. The second kappa shape index (κ2) is 5.74. The van der Waals surface area contributed by atoms with Crippen molar-refractivity contribution in [2.24, 2.45) is 0 Å². The number of ether oxygens (including phenoxy) is 1. The van der Waals surface area contributed by atoms with Gasteiger partial charge in [0.15, 0.2) is 0 Å². The van der Waals surface area contributed by atoms with Gasteiger partial charge < -0.3 is 10.1 Å². The SMILES string of the molecule is CNC(c1ccc(OC)c(Cl)c1)c1cscc1C. The Morgan fingerprint density at radius 3 is 2.61 bits per heavy atom. The molecule has 2 rings (SSSR count). The van der Waals surface area contributed by atoms with Crippen molar-refractivity contribution in [3.63, 3.8) is 0 Å². The maximum atomic E-state index is 6.18. The second-order valence-electron chi connectivity index (χ2n) is 4.13. The molecule has 0 aliphatic rings. The molecule has 0 radical (unpaired) electrons. The van der Waals surface area contributed by atoms with E-state index < -0.39 is 0 Å². The van der Waals surface area contributed by atoms with E-state index >= 15 is 0 Å². The number of hydrogen-bond acceptors (Lipinski definition) is 3. The number of hydrogen-bond donors (Lipinski definition) is 1. The lowest BCUT2D eigenvalue weighted by atomic mass is 9.98. The molecule has 0 aliphatic carbocycles. The molecule has 1 aromatic heterocycles. The van der Waals surface area contributed by atoms with Gasteiger partial charge in [-0.3, -0.25) is 0 Å². The smallest absolute Gasteiger partial charge is 0.137 e. The Balaban J connectivity index is 2.40. The molecule has 1 atom stereocenters. The molecule has 1 aromatic carbocycles. The van der Waals surface area contributed by atoms with E-state index in [0.717, 1.165) is 5.56 Å². The van der Waals surface area contributed by atoms with Gasteiger partial charge in [-0.25, -0.2) is 0 Å². The molecule has 0 bridgehead atoms. The minimum atomic E-state index is 0.166. The molecule has 0 aliphatic heterocycles. The summed E-state index contributed by atoms with van der Waals surface area (Å²) in [6.07, 6.45) is 0. The molecule has 0 saturated carbocycles. The highest BCUT2D eigenvalue weighted by Gasteiger charge is 2.16. The van der Waals surface area contributed by atoms with Crippen molar-refractivity contribution in [2.45, 2.75) is 13.0 Å². The number of aryl methyl sites for hydroxylation is 1. The molecule has 0 amide bonds. The van der Waals surface area contributed by atoms with Gasteiger partial charge in [-0.15, -0.1) is 0 Å². The summed E-state index contributed by atoms with van der Waals surface area (Å²) < 4.78 is 5.18. The van der Waals surface area contributed by atoms with Gasteiger partial charge in [-0.2, -0.15) is 11.3 Å². The molecule has 18 heavy (non-hydrogen) atoms. The fourth-order valence-electron chi connectivity index (χ4n) is 2.03. The van der Waals surface area contributed by atoms with Crippen LogP contribution in [0.5, 0.6) is 5.75 Å².